The van der Waals surface area contributed by atoms with Crippen LogP contribution in [0.5, 0.6) is 11.5 Å². The van der Waals surface area contributed by atoms with E-state index >= 15 is 0 Å². The summed E-state index contributed by atoms with van der Waals surface area (Å²) >= 11 is 6.54. The Hall–Kier alpha value is -3.17. The molecule has 2 aromatic carbocycles. The second kappa shape index (κ2) is 7.69. The van der Waals surface area contributed by atoms with E-state index in [0.29, 0.717) is 38.8 Å². The third-order valence-electron chi connectivity index (χ3n) is 4.26. The highest BCUT2D eigenvalue weighted by molar-refractivity contribution is 8.26. The number of thiocarbonyl (C=S) groups is 1. The van der Waals surface area contributed by atoms with E-state index < -0.39 is 4.92 Å². The minimum absolute atomic E-state index is 0.0323. The molecule has 0 N–H and O–H groups in total. The first kappa shape index (κ1) is 19.2. The smallest absolute Gasteiger partial charge is 0.285 e. The van der Waals surface area contributed by atoms with Crippen LogP contribution in [0.3, 0.4) is 0 Å². The topological polar surface area (TPSA) is 81.9 Å². The molecule has 9 heteroatoms. The quantitative estimate of drug-likeness (QED) is 0.305. The number of fused-ring (bicyclic) bond motifs is 1. The highest BCUT2D eigenvalue weighted by Gasteiger charge is 2.32. The number of amides is 1. The summed E-state index contributed by atoms with van der Waals surface area (Å²) in [6, 6.07) is 11.6. The molecule has 0 aromatic heterocycles. The van der Waals surface area contributed by atoms with Gasteiger partial charge in [0.05, 0.1) is 16.4 Å². The molecule has 2 heterocycles. The molecule has 0 radical (unpaired) electrons. The number of rotatable bonds is 4. The lowest BCUT2D eigenvalue weighted by atomic mass is 10.1. The second-order valence-electron chi connectivity index (χ2n) is 6.21. The monoisotopic (exact) mass is 426 g/mol. The van der Waals surface area contributed by atoms with Crippen molar-refractivity contribution in [3.63, 3.8) is 0 Å². The Labute approximate surface area is 175 Å². The predicted molar refractivity (Wildman–Crippen MR) is 113 cm³/mol. The Morgan fingerprint density at radius 2 is 2.00 bits per heavy atom. The van der Waals surface area contributed by atoms with Crippen LogP contribution in [0.15, 0.2) is 59.4 Å². The average molecular weight is 426 g/mol. The van der Waals surface area contributed by atoms with Crippen molar-refractivity contribution >= 4 is 46.0 Å². The van der Waals surface area contributed by atoms with E-state index in [9.17, 15) is 14.9 Å². The van der Waals surface area contributed by atoms with Gasteiger partial charge in [-0.1, -0.05) is 42.2 Å². The van der Waals surface area contributed by atoms with Crippen molar-refractivity contribution in [1.82, 2.24) is 4.90 Å². The lowest BCUT2D eigenvalue weighted by Gasteiger charge is -2.14. The number of nitro groups is 1. The van der Waals surface area contributed by atoms with Gasteiger partial charge < -0.3 is 9.47 Å². The minimum atomic E-state index is -0.471. The molecular formula is C20H14N2O5S2. The summed E-state index contributed by atoms with van der Waals surface area (Å²) in [7, 11) is 0. The second-order valence-corrected chi connectivity index (χ2v) is 7.89. The number of nitro benzene ring substituents is 1. The highest BCUT2D eigenvalue weighted by Crippen LogP contribution is 2.38. The molecule has 29 heavy (non-hydrogen) atoms. The summed E-state index contributed by atoms with van der Waals surface area (Å²) in [5.41, 5.74) is 1.38. The van der Waals surface area contributed by atoms with E-state index in [1.54, 1.807) is 30.4 Å². The molecule has 7 nitrogen and oxygen atoms in total. The minimum Gasteiger partial charge on any atom is -0.422 e. The van der Waals surface area contributed by atoms with Crippen molar-refractivity contribution in [2.45, 2.75) is 13.5 Å². The number of allylic oxidation sites excluding steroid dienone is 1. The standard InChI is InChI=1S/C20H14N2O5S2/c1-2-18-26-15-7-6-13(9-16(15)27-18)11-21-19(23)17(29-20(21)28)10-12-4-3-5-14(8-12)22(24)25/h2-10H,11H2,1H3/b17-10?,18-2+. The van der Waals surface area contributed by atoms with Gasteiger partial charge >= 0.3 is 0 Å². The Kier molecular flexibility index (Phi) is 5.08. The van der Waals surface area contributed by atoms with Gasteiger partial charge in [0.15, 0.2) is 11.5 Å². The van der Waals surface area contributed by atoms with Gasteiger partial charge in [-0.3, -0.25) is 19.8 Å². The van der Waals surface area contributed by atoms with Crippen LogP contribution < -0.4 is 9.47 Å². The first-order valence-corrected chi connectivity index (χ1v) is 9.82. The van der Waals surface area contributed by atoms with Crippen molar-refractivity contribution in [3.05, 3.63) is 80.6 Å². The van der Waals surface area contributed by atoms with Gasteiger partial charge in [-0.25, -0.2) is 0 Å². The third-order valence-corrected chi connectivity index (χ3v) is 5.64. The number of hydrogen-bond donors (Lipinski definition) is 0. The van der Waals surface area contributed by atoms with Crippen LogP contribution in [0.1, 0.15) is 18.1 Å². The Morgan fingerprint density at radius 1 is 1.21 bits per heavy atom. The maximum absolute atomic E-state index is 12.8. The SMILES string of the molecule is C/C=C1\Oc2ccc(CN3C(=O)C(=Cc4cccc([N+](=O)[O-])c4)SC3=S)cc2O1. The number of thioether (sulfide) groups is 1. The lowest BCUT2D eigenvalue weighted by molar-refractivity contribution is -0.384. The maximum atomic E-state index is 12.8. The molecule has 1 fully saturated rings. The van der Waals surface area contributed by atoms with E-state index in [-0.39, 0.29) is 11.6 Å². The molecule has 146 valence electrons. The molecule has 0 saturated carbocycles. The van der Waals surface area contributed by atoms with E-state index in [4.69, 9.17) is 21.7 Å². The summed E-state index contributed by atoms with van der Waals surface area (Å²) in [6.07, 6.45) is 3.34. The molecule has 0 spiro atoms. The molecule has 0 unspecified atom stereocenters. The predicted octanol–water partition coefficient (Wildman–Crippen LogP) is 4.63. The molecule has 1 saturated heterocycles. The normalized spacial score (nSPS) is 18.2. The number of benzene rings is 2. The molecule has 2 aliphatic heterocycles. The van der Waals surface area contributed by atoms with Gasteiger partial charge in [-0.05, 0) is 42.3 Å². The summed E-state index contributed by atoms with van der Waals surface area (Å²) in [5.74, 6) is 1.40. The summed E-state index contributed by atoms with van der Waals surface area (Å²) in [4.78, 5) is 25.2. The Balaban J connectivity index is 1.54. The number of hydrogen-bond acceptors (Lipinski definition) is 7. The molecule has 4 rings (SSSR count). The Morgan fingerprint density at radius 3 is 2.76 bits per heavy atom. The van der Waals surface area contributed by atoms with Crippen molar-refractivity contribution in [2.24, 2.45) is 0 Å². The van der Waals surface area contributed by atoms with Gasteiger partial charge in [0.1, 0.15) is 4.32 Å². The Bertz CT molecular complexity index is 1110. The van der Waals surface area contributed by atoms with Gasteiger partial charge in [0, 0.05) is 12.1 Å². The largest absolute Gasteiger partial charge is 0.422 e. The number of non-ortho nitro benzene ring substituents is 1. The average Bonchev–Trinajstić information content (AvgIpc) is 3.24. The molecule has 2 aliphatic rings. The molecule has 1 amide bonds. The summed E-state index contributed by atoms with van der Waals surface area (Å²) < 4.78 is 11.5. The number of nitrogens with zero attached hydrogens (tertiary/aromatic N) is 2. The fourth-order valence-electron chi connectivity index (χ4n) is 2.87. The van der Waals surface area contributed by atoms with Crippen LogP contribution >= 0.6 is 24.0 Å². The summed E-state index contributed by atoms with van der Waals surface area (Å²) in [5, 5.41) is 10.9. The third kappa shape index (κ3) is 3.87. The van der Waals surface area contributed by atoms with Crippen molar-refractivity contribution in [3.8, 4) is 11.5 Å². The fraction of sp³-hybridized carbons (Fsp3) is 0.100. The first-order chi connectivity index (χ1) is 13.9. The van der Waals surface area contributed by atoms with Gasteiger partial charge in [0.2, 0.25) is 0 Å². The highest BCUT2D eigenvalue weighted by atomic mass is 32.2. The fourth-order valence-corrected chi connectivity index (χ4v) is 4.12. The molecule has 0 aliphatic carbocycles. The maximum Gasteiger partial charge on any atom is 0.285 e. The number of ether oxygens (including phenoxy) is 2. The van der Waals surface area contributed by atoms with E-state index in [2.05, 4.69) is 0 Å². The van der Waals surface area contributed by atoms with E-state index in [0.717, 1.165) is 5.56 Å². The van der Waals surface area contributed by atoms with Gasteiger partial charge in [0.25, 0.3) is 17.5 Å². The van der Waals surface area contributed by atoms with Crippen molar-refractivity contribution < 1.29 is 19.2 Å². The van der Waals surface area contributed by atoms with E-state index in [1.165, 1.54) is 28.8 Å². The van der Waals surface area contributed by atoms with E-state index in [1.807, 2.05) is 19.1 Å². The number of carbonyl (C=O) groups is 1. The van der Waals surface area contributed by atoms with Gasteiger partial charge in [-0.15, -0.1) is 0 Å². The van der Waals surface area contributed by atoms with Crippen LogP contribution in [0.2, 0.25) is 0 Å². The molecule has 0 atom stereocenters. The van der Waals surface area contributed by atoms with Gasteiger partial charge in [-0.2, -0.15) is 0 Å². The zero-order chi connectivity index (χ0) is 20.5. The van der Waals surface area contributed by atoms with Crippen molar-refractivity contribution in [2.75, 3.05) is 0 Å². The number of carbonyl (C=O) groups excluding carboxylic acids is 1. The van der Waals surface area contributed by atoms with Crippen LogP contribution in [-0.2, 0) is 11.3 Å². The lowest BCUT2D eigenvalue weighted by Crippen LogP contribution is -2.27. The first-order valence-electron chi connectivity index (χ1n) is 8.59. The van der Waals surface area contributed by atoms with Crippen LogP contribution in [-0.4, -0.2) is 20.1 Å². The van der Waals surface area contributed by atoms with Crippen LogP contribution in [0, 0.1) is 10.1 Å². The molecule has 0 bridgehead atoms. The molecule has 2 aromatic rings. The zero-order valence-electron chi connectivity index (χ0n) is 15.2. The van der Waals surface area contributed by atoms with Crippen LogP contribution in [0.4, 0.5) is 5.69 Å². The van der Waals surface area contributed by atoms with Crippen LogP contribution in [0.25, 0.3) is 6.08 Å². The summed E-state index contributed by atoms with van der Waals surface area (Å²) in [6.45, 7) is 2.11. The zero-order valence-corrected chi connectivity index (χ0v) is 16.8. The molecular weight excluding hydrogens is 412 g/mol. The van der Waals surface area contributed by atoms with Crippen molar-refractivity contribution in [1.29, 1.82) is 0 Å².